The maximum Gasteiger partial charge on any atom is 0.100 e. The number of likely N-dealkylation sites (N-methyl/N-ethyl adjacent to an activating group) is 1. The highest BCUT2D eigenvalue weighted by atomic mass is 79.9. The van der Waals surface area contributed by atoms with Gasteiger partial charge in [-0.05, 0) is 34.1 Å². The number of anilines is 1. The predicted octanol–water partition coefficient (Wildman–Crippen LogP) is 1.75. The third-order valence-corrected chi connectivity index (χ3v) is 2.61. The Morgan fingerprint density at radius 1 is 1.57 bits per heavy atom. The van der Waals surface area contributed by atoms with Crippen LogP contribution in [0.4, 0.5) is 5.69 Å². The Morgan fingerprint density at radius 2 is 2.29 bits per heavy atom. The number of aliphatic hydroxyl groups excluding tert-OH is 1. The summed E-state index contributed by atoms with van der Waals surface area (Å²) in [5, 5.41) is 17.5. The number of nitriles is 1. The van der Waals surface area contributed by atoms with Crippen molar-refractivity contribution in [2.24, 2.45) is 0 Å². The summed E-state index contributed by atoms with van der Waals surface area (Å²) < 4.78 is 0.780. The van der Waals surface area contributed by atoms with Gasteiger partial charge in [-0.2, -0.15) is 5.26 Å². The van der Waals surface area contributed by atoms with Crippen LogP contribution in [0.3, 0.4) is 0 Å². The molecule has 0 heterocycles. The Kier molecular flexibility index (Phi) is 3.93. The Bertz CT molecular complexity index is 360. The second-order valence-electron chi connectivity index (χ2n) is 2.92. The first-order chi connectivity index (χ1) is 6.69. The highest BCUT2D eigenvalue weighted by Crippen LogP contribution is 2.22. The maximum atomic E-state index is 8.76. The van der Waals surface area contributed by atoms with E-state index >= 15 is 0 Å². The second-order valence-corrected chi connectivity index (χ2v) is 3.78. The molecule has 0 radical (unpaired) electrons. The molecule has 3 nitrogen and oxygen atoms in total. The number of benzene rings is 1. The summed E-state index contributed by atoms with van der Waals surface area (Å²) in [6, 6.07) is 7.57. The molecule has 0 fully saturated rings. The zero-order chi connectivity index (χ0) is 10.6. The Balaban J connectivity index is 2.92. The summed E-state index contributed by atoms with van der Waals surface area (Å²) in [5.74, 6) is 0. The third-order valence-electron chi connectivity index (χ3n) is 1.95. The number of rotatable bonds is 3. The van der Waals surface area contributed by atoms with Gasteiger partial charge in [0, 0.05) is 23.8 Å². The van der Waals surface area contributed by atoms with E-state index in [4.69, 9.17) is 10.4 Å². The minimum absolute atomic E-state index is 0.119. The van der Waals surface area contributed by atoms with Crippen molar-refractivity contribution in [2.45, 2.75) is 0 Å². The maximum absolute atomic E-state index is 8.76. The molecule has 0 aromatic heterocycles. The van der Waals surface area contributed by atoms with Gasteiger partial charge >= 0.3 is 0 Å². The van der Waals surface area contributed by atoms with E-state index in [0.29, 0.717) is 12.1 Å². The molecule has 1 N–H and O–H groups in total. The molecule has 0 spiro atoms. The molecule has 0 aliphatic rings. The molecule has 0 saturated carbocycles. The first kappa shape index (κ1) is 11.0. The van der Waals surface area contributed by atoms with Gasteiger partial charge in [-0.15, -0.1) is 0 Å². The molecule has 1 aromatic carbocycles. The molecule has 0 unspecified atom stereocenters. The van der Waals surface area contributed by atoms with Crippen LogP contribution in [0.25, 0.3) is 0 Å². The normalized spacial score (nSPS) is 9.57. The highest BCUT2D eigenvalue weighted by molar-refractivity contribution is 9.10. The third kappa shape index (κ3) is 2.47. The first-order valence-electron chi connectivity index (χ1n) is 4.20. The zero-order valence-electron chi connectivity index (χ0n) is 7.87. The van der Waals surface area contributed by atoms with Gasteiger partial charge in [0.2, 0.25) is 0 Å². The largest absolute Gasteiger partial charge is 0.395 e. The van der Waals surface area contributed by atoms with E-state index < -0.39 is 0 Å². The summed E-state index contributed by atoms with van der Waals surface area (Å²) in [6.07, 6.45) is 0. The van der Waals surface area contributed by atoms with Gasteiger partial charge in [0.05, 0.1) is 12.2 Å². The fourth-order valence-electron chi connectivity index (χ4n) is 1.11. The Labute approximate surface area is 91.7 Å². The van der Waals surface area contributed by atoms with Crippen LogP contribution in [-0.4, -0.2) is 25.3 Å². The molecule has 0 atom stereocenters. The first-order valence-corrected chi connectivity index (χ1v) is 5.00. The Morgan fingerprint density at radius 3 is 2.79 bits per heavy atom. The summed E-state index contributed by atoms with van der Waals surface area (Å²) in [6.45, 7) is 0.701. The van der Waals surface area contributed by atoms with Crippen molar-refractivity contribution in [1.82, 2.24) is 0 Å². The molecule has 0 amide bonds. The van der Waals surface area contributed by atoms with Crippen molar-refractivity contribution >= 4 is 21.6 Å². The summed E-state index contributed by atoms with van der Waals surface area (Å²) in [5.41, 5.74) is 1.59. The van der Waals surface area contributed by atoms with E-state index in [0.717, 1.165) is 10.2 Å². The van der Waals surface area contributed by atoms with E-state index in [9.17, 15) is 0 Å². The summed E-state index contributed by atoms with van der Waals surface area (Å²) in [7, 11) is 1.89. The lowest BCUT2D eigenvalue weighted by Crippen LogP contribution is -2.20. The van der Waals surface area contributed by atoms with Crippen LogP contribution >= 0.6 is 15.9 Å². The van der Waals surface area contributed by atoms with E-state index in [2.05, 4.69) is 22.0 Å². The van der Waals surface area contributed by atoms with Crippen molar-refractivity contribution in [3.8, 4) is 6.07 Å². The van der Waals surface area contributed by atoms with Crippen LogP contribution in [0.2, 0.25) is 0 Å². The lowest BCUT2D eigenvalue weighted by Gasteiger charge is -2.18. The van der Waals surface area contributed by atoms with Crippen molar-refractivity contribution in [3.63, 3.8) is 0 Å². The van der Waals surface area contributed by atoms with Crippen LogP contribution in [0.1, 0.15) is 5.56 Å². The van der Waals surface area contributed by atoms with Gasteiger partial charge in [-0.1, -0.05) is 0 Å². The van der Waals surface area contributed by atoms with E-state index in [1.165, 1.54) is 0 Å². The van der Waals surface area contributed by atoms with E-state index in [1.54, 1.807) is 6.07 Å². The van der Waals surface area contributed by atoms with Gasteiger partial charge in [0.15, 0.2) is 0 Å². The summed E-state index contributed by atoms with van der Waals surface area (Å²) in [4.78, 5) is 1.92. The Hall–Kier alpha value is -1.05. The van der Waals surface area contributed by atoms with Gasteiger partial charge in [0.25, 0.3) is 0 Å². The molecule has 0 saturated heterocycles. The topological polar surface area (TPSA) is 47.3 Å². The fraction of sp³-hybridized carbons (Fsp3) is 0.300. The quantitative estimate of drug-likeness (QED) is 0.895. The average molecular weight is 255 g/mol. The minimum atomic E-state index is 0.119. The van der Waals surface area contributed by atoms with E-state index in [-0.39, 0.29) is 6.61 Å². The number of hydrogen-bond donors (Lipinski definition) is 1. The number of aliphatic hydroxyl groups is 1. The monoisotopic (exact) mass is 254 g/mol. The van der Waals surface area contributed by atoms with Crippen LogP contribution in [0, 0.1) is 11.3 Å². The molecular weight excluding hydrogens is 244 g/mol. The van der Waals surface area contributed by atoms with Crippen LogP contribution < -0.4 is 4.90 Å². The van der Waals surface area contributed by atoms with Gasteiger partial charge in [0.1, 0.15) is 6.07 Å². The smallest absolute Gasteiger partial charge is 0.100 e. The van der Waals surface area contributed by atoms with Crippen molar-refractivity contribution < 1.29 is 5.11 Å². The molecular formula is C10H11BrN2O. The van der Waals surface area contributed by atoms with E-state index in [1.807, 2.05) is 24.1 Å². The number of halogens is 1. The van der Waals surface area contributed by atoms with Gasteiger partial charge < -0.3 is 10.0 Å². The van der Waals surface area contributed by atoms with Crippen molar-refractivity contribution in [3.05, 3.63) is 28.2 Å². The van der Waals surface area contributed by atoms with Crippen LogP contribution in [-0.2, 0) is 0 Å². The molecule has 4 heteroatoms. The number of hydrogen-bond acceptors (Lipinski definition) is 3. The summed E-state index contributed by atoms with van der Waals surface area (Å²) >= 11 is 3.32. The fourth-order valence-corrected chi connectivity index (χ4v) is 1.57. The molecule has 1 rings (SSSR count). The SMILES string of the molecule is CN(CCO)c1ccc(C#N)c(Br)c1. The molecule has 14 heavy (non-hydrogen) atoms. The molecule has 0 bridgehead atoms. The molecule has 1 aromatic rings. The lowest BCUT2D eigenvalue weighted by molar-refractivity contribution is 0.304. The van der Waals surface area contributed by atoms with Gasteiger partial charge in [-0.25, -0.2) is 0 Å². The zero-order valence-corrected chi connectivity index (χ0v) is 9.45. The van der Waals surface area contributed by atoms with Crippen LogP contribution in [0.5, 0.6) is 0 Å². The highest BCUT2D eigenvalue weighted by Gasteiger charge is 2.03. The molecule has 0 aliphatic heterocycles. The van der Waals surface area contributed by atoms with Gasteiger partial charge in [-0.3, -0.25) is 0 Å². The standard InChI is InChI=1S/C10H11BrN2O/c1-13(4-5-14)9-3-2-8(7-12)10(11)6-9/h2-3,6,14H,4-5H2,1H3. The molecule has 74 valence electrons. The second kappa shape index (κ2) is 4.99. The van der Waals surface area contributed by atoms with Crippen LogP contribution in [0.15, 0.2) is 22.7 Å². The average Bonchev–Trinajstić information content (AvgIpc) is 2.18. The number of nitrogens with zero attached hydrogens (tertiary/aromatic N) is 2. The molecule has 0 aliphatic carbocycles. The predicted molar refractivity (Wildman–Crippen MR) is 59.2 cm³/mol. The van der Waals surface area contributed by atoms with Crippen molar-refractivity contribution in [1.29, 1.82) is 5.26 Å². The minimum Gasteiger partial charge on any atom is -0.395 e. The van der Waals surface area contributed by atoms with Crippen molar-refractivity contribution in [2.75, 3.05) is 25.1 Å². The lowest BCUT2D eigenvalue weighted by atomic mass is 10.2.